The molecule has 1 fully saturated rings. The molecule has 0 bridgehead atoms. The van der Waals surface area contributed by atoms with Crippen LogP contribution in [-0.2, 0) is 4.79 Å². The molecular formula is C14H27FN2O. The van der Waals surface area contributed by atoms with Gasteiger partial charge in [0.2, 0.25) is 5.91 Å². The minimum Gasteiger partial charge on any atom is -0.355 e. The fourth-order valence-corrected chi connectivity index (χ4v) is 2.88. The Labute approximate surface area is 110 Å². The Morgan fingerprint density at radius 1 is 1.39 bits per heavy atom. The summed E-state index contributed by atoms with van der Waals surface area (Å²) >= 11 is 0. The van der Waals surface area contributed by atoms with Gasteiger partial charge in [0.05, 0.1) is 0 Å². The molecule has 1 amide bonds. The molecule has 1 saturated carbocycles. The molecule has 1 aliphatic carbocycles. The van der Waals surface area contributed by atoms with Crippen molar-refractivity contribution in [2.75, 3.05) is 19.6 Å². The van der Waals surface area contributed by atoms with Crippen LogP contribution < -0.4 is 5.32 Å². The molecule has 3 nitrogen and oxygen atoms in total. The first-order chi connectivity index (χ1) is 8.54. The highest BCUT2D eigenvalue weighted by atomic mass is 19.1. The SMILES string of the molecule is CCN(CCNC(C)=O)C(C)C1CCC(F)CC1. The van der Waals surface area contributed by atoms with E-state index in [1.165, 1.54) is 0 Å². The fraction of sp³-hybridized carbons (Fsp3) is 0.929. The molecule has 18 heavy (non-hydrogen) atoms. The molecule has 1 N–H and O–H groups in total. The van der Waals surface area contributed by atoms with Crippen LogP contribution in [0.5, 0.6) is 0 Å². The zero-order valence-corrected chi connectivity index (χ0v) is 11.9. The molecule has 1 unspecified atom stereocenters. The first kappa shape index (κ1) is 15.4. The maximum atomic E-state index is 13.1. The van der Waals surface area contributed by atoms with Crippen molar-refractivity contribution < 1.29 is 9.18 Å². The fourth-order valence-electron chi connectivity index (χ4n) is 2.88. The summed E-state index contributed by atoms with van der Waals surface area (Å²) in [4.78, 5) is 13.2. The summed E-state index contributed by atoms with van der Waals surface area (Å²) in [6, 6.07) is 0.483. The van der Waals surface area contributed by atoms with Gasteiger partial charge in [0.25, 0.3) is 0 Å². The van der Waals surface area contributed by atoms with Gasteiger partial charge in [0, 0.05) is 26.1 Å². The van der Waals surface area contributed by atoms with E-state index in [1.807, 2.05) is 0 Å². The predicted octanol–water partition coefficient (Wildman–Crippen LogP) is 2.36. The van der Waals surface area contributed by atoms with Gasteiger partial charge in [-0.2, -0.15) is 0 Å². The molecular weight excluding hydrogens is 231 g/mol. The molecule has 0 aromatic rings. The molecule has 0 heterocycles. The summed E-state index contributed by atoms with van der Waals surface area (Å²) in [5.41, 5.74) is 0. The lowest BCUT2D eigenvalue weighted by molar-refractivity contribution is -0.119. The number of nitrogens with zero attached hydrogens (tertiary/aromatic N) is 1. The molecule has 0 aromatic heterocycles. The van der Waals surface area contributed by atoms with Gasteiger partial charge >= 0.3 is 0 Å². The number of amides is 1. The second-order valence-electron chi connectivity index (χ2n) is 5.36. The predicted molar refractivity (Wildman–Crippen MR) is 72.2 cm³/mol. The number of rotatable bonds is 6. The average Bonchev–Trinajstić information content (AvgIpc) is 2.34. The van der Waals surface area contributed by atoms with Crippen LogP contribution in [0.4, 0.5) is 4.39 Å². The van der Waals surface area contributed by atoms with Gasteiger partial charge in [0.15, 0.2) is 0 Å². The van der Waals surface area contributed by atoms with E-state index in [-0.39, 0.29) is 5.91 Å². The summed E-state index contributed by atoms with van der Waals surface area (Å²) < 4.78 is 13.1. The first-order valence-electron chi connectivity index (χ1n) is 7.17. The van der Waals surface area contributed by atoms with Crippen molar-refractivity contribution >= 4 is 5.91 Å². The van der Waals surface area contributed by atoms with Crippen LogP contribution in [-0.4, -0.2) is 42.7 Å². The highest BCUT2D eigenvalue weighted by molar-refractivity contribution is 5.72. The first-order valence-corrected chi connectivity index (χ1v) is 7.17. The summed E-state index contributed by atoms with van der Waals surface area (Å²) in [5, 5.41) is 2.83. The smallest absolute Gasteiger partial charge is 0.216 e. The third-order valence-electron chi connectivity index (χ3n) is 4.14. The molecule has 0 radical (unpaired) electrons. The summed E-state index contributed by atoms with van der Waals surface area (Å²) in [5.74, 6) is 0.630. The van der Waals surface area contributed by atoms with Crippen LogP contribution in [0.25, 0.3) is 0 Å². The van der Waals surface area contributed by atoms with E-state index in [0.29, 0.717) is 18.5 Å². The number of hydrogen-bond donors (Lipinski definition) is 1. The van der Waals surface area contributed by atoms with E-state index >= 15 is 0 Å². The van der Waals surface area contributed by atoms with E-state index in [1.54, 1.807) is 6.92 Å². The van der Waals surface area contributed by atoms with E-state index in [2.05, 4.69) is 24.1 Å². The second-order valence-corrected chi connectivity index (χ2v) is 5.36. The summed E-state index contributed by atoms with van der Waals surface area (Å²) in [6.07, 6.45) is 2.86. The number of halogens is 1. The average molecular weight is 258 g/mol. The van der Waals surface area contributed by atoms with Crippen LogP contribution >= 0.6 is 0 Å². The molecule has 0 aliphatic heterocycles. The maximum absolute atomic E-state index is 13.1. The minimum atomic E-state index is -0.581. The highest BCUT2D eigenvalue weighted by Crippen LogP contribution is 2.30. The lowest BCUT2D eigenvalue weighted by Crippen LogP contribution is -2.43. The third kappa shape index (κ3) is 4.92. The monoisotopic (exact) mass is 258 g/mol. The normalized spacial score (nSPS) is 26.1. The number of hydrogen-bond acceptors (Lipinski definition) is 2. The molecule has 4 heteroatoms. The van der Waals surface area contributed by atoms with E-state index in [4.69, 9.17) is 0 Å². The minimum absolute atomic E-state index is 0.0247. The van der Waals surface area contributed by atoms with Crippen molar-refractivity contribution in [3.05, 3.63) is 0 Å². The number of carbonyl (C=O) groups excluding carboxylic acids is 1. The number of alkyl halides is 1. The van der Waals surface area contributed by atoms with E-state index in [9.17, 15) is 9.18 Å². The van der Waals surface area contributed by atoms with Crippen molar-refractivity contribution in [3.8, 4) is 0 Å². The number of likely N-dealkylation sites (N-methyl/N-ethyl adjacent to an activating group) is 1. The van der Waals surface area contributed by atoms with Gasteiger partial charge in [-0.25, -0.2) is 4.39 Å². The second kappa shape index (κ2) is 7.72. The summed E-state index contributed by atoms with van der Waals surface area (Å²) in [6.45, 7) is 8.49. The Bertz CT molecular complexity index is 252. The van der Waals surface area contributed by atoms with Gasteiger partial charge in [0.1, 0.15) is 6.17 Å². The maximum Gasteiger partial charge on any atom is 0.216 e. The highest BCUT2D eigenvalue weighted by Gasteiger charge is 2.27. The Balaban J connectivity index is 2.36. The van der Waals surface area contributed by atoms with Crippen LogP contribution in [0.3, 0.4) is 0 Å². The van der Waals surface area contributed by atoms with Crippen molar-refractivity contribution in [2.24, 2.45) is 5.92 Å². The Morgan fingerprint density at radius 3 is 2.50 bits per heavy atom. The Kier molecular flexibility index (Phi) is 6.61. The Morgan fingerprint density at radius 2 is 2.00 bits per heavy atom. The molecule has 0 spiro atoms. The van der Waals surface area contributed by atoms with Crippen LogP contribution in [0.2, 0.25) is 0 Å². The van der Waals surface area contributed by atoms with E-state index < -0.39 is 6.17 Å². The molecule has 1 aliphatic rings. The van der Waals surface area contributed by atoms with Gasteiger partial charge in [-0.15, -0.1) is 0 Å². The lowest BCUT2D eigenvalue weighted by atomic mass is 9.83. The molecule has 106 valence electrons. The van der Waals surface area contributed by atoms with Gasteiger partial charge in [-0.3, -0.25) is 9.69 Å². The zero-order valence-electron chi connectivity index (χ0n) is 11.9. The van der Waals surface area contributed by atoms with Crippen molar-refractivity contribution in [1.82, 2.24) is 10.2 Å². The molecule has 1 atom stereocenters. The molecule has 1 rings (SSSR count). The Hall–Kier alpha value is -0.640. The van der Waals surface area contributed by atoms with Gasteiger partial charge < -0.3 is 5.32 Å². The lowest BCUT2D eigenvalue weighted by Gasteiger charge is -2.36. The van der Waals surface area contributed by atoms with Gasteiger partial charge in [-0.05, 0) is 45.1 Å². The van der Waals surface area contributed by atoms with Crippen molar-refractivity contribution in [1.29, 1.82) is 0 Å². The largest absolute Gasteiger partial charge is 0.355 e. The standard InChI is InChI=1S/C14H27FN2O/c1-4-17(10-9-16-12(3)18)11(2)13-5-7-14(15)8-6-13/h11,13-14H,4-10H2,1-3H3,(H,16,18). The number of nitrogens with one attached hydrogen (secondary N) is 1. The van der Waals surface area contributed by atoms with Crippen molar-refractivity contribution in [2.45, 2.75) is 58.7 Å². The third-order valence-corrected chi connectivity index (χ3v) is 4.14. The quantitative estimate of drug-likeness (QED) is 0.793. The van der Waals surface area contributed by atoms with Crippen LogP contribution in [0, 0.1) is 5.92 Å². The van der Waals surface area contributed by atoms with Crippen LogP contribution in [0.1, 0.15) is 46.5 Å². The van der Waals surface area contributed by atoms with Gasteiger partial charge in [-0.1, -0.05) is 6.92 Å². The topological polar surface area (TPSA) is 32.3 Å². The molecule has 0 aromatic carbocycles. The van der Waals surface area contributed by atoms with Crippen LogP contribution in [0.15, 0.2) is 0 Å². The zero-order chi connectivity index (χ0) is 13.5. The molecule has 0 saturated heterocycles. The summed E-state index contributed by atoms with van der Waals surface area (Å²) in [7, 11) is 0. The van der Waals surface area contributed by atoms with Crippen molar-refractivity contribution in [3.63, 3.8) is 0 Å². The number of carbonyl (C=O) groups is 1. The van der Waals surface area contributed by atoms with E-state index in [0.717, 1.165) is 38.8 Å².